The number of aromatic nitrogens is 3. The molecule has 2 aliphatic rings. The highest BCUT2D eigenvalue weighted by Gasteiger charge is 2.24. The molecule has 8 heteroatoms. The zero-order chi connectivity index (χ0) is 26.2. The standard InChI is InChI=1S/C29H42N8/c1-6-16-37-17-15-24(20-37)31-27-33-28(35-29(34-27)36(5)19-22-11-9-10-12-22)32-26-18-23(14-13-21(26)4)25(7-2)30-8-3/h6,13-14,18,22,24,30H,1-2,8-12,15-17,19-20H2,3-5H3,(H2,31,32,33,34,35)/t24-/m1/s1. The first-order chi connectivity index (χ1) is 18.0. The van der Waals surface area contributed by atoms with Gasteiger partial charge in [-0.1, -0.05) is 37.6 Å². The number of nitrogens with one attached hydrogen (secondary N) is 3. The summed E-state index contributed by atoms with van der Waals surface area (Å²) in [5.41, 5.74) is 6.96. The summed E-state index contributed by atoms with van der Waals surface area (Å²) >= 11 is 0. The van der Waals surface area contributed by atoms with E-state index >= 15 is 0 Å². The Bertz CT molecular complexity index is 1120. The van der Waals surface area contributed by atoms with Gasteiger partial charge in [-0.2, -0.15) is 15.0 Å². The summed E-state index contributed by atoms with van der Waals surface area (Å²) in [6.45, 7) is 16.5. The molecule has 1 aromatic heterocycles. The number of nitrogens with zero attached hydrogens (tertiary/aromatic N) is 5. The Labute approximate surface area is 222 Å². The summed E-state index contributed by atoms with van der Waals surface area (Å²) in [6, 6.07) is 6.56. The number of rotatable bonds is 12. The molecule has 2 fully saturated rings. The number of hydrogen-bond acceptors (Lipinski definition) is 8. The second-order valence-corrected chi connectivity index (χ2v) is 10.2. The highest BCUT2D eigenvalue weighted by atomic mass is 15.3. The number of hydrogen-bond donors (Lipinski definition) is 3. The van der Waals surface area contributed by atoms with Gasteiger partial charge in [-0.25, -0.2) is 0 Å². The van der Waals surface area contributed by atoms with E-state index in [2.05, 4.69) is 83.7 Å². The molecule has 1 atom stereocenters. The van der Waals surface area contributed by atoms with Crippen LogP contribution in [0.4, 0.5) is 23.5 Å². The predicted molar refractivity (Wildman–Crippen MR) is 154 cm³/mol. The van der Waals surface area contributed by atoms with Crippen LogP contribution in [0, 0.1) is 12.8 Å². The molecule has 0 spiro atoms. The molecule has 8 nitrogen and oxygen atoms in total. The van der Waals surface area contributed by atoms with E-state index in [1.807, 2.05) is 6.08 Å². The highest BCUT2D eigenvalue weighted by molar-refractivity contribution is 5.70. The fraction of sp³-hybridized carbons (Fsp3) is 0.517. The second-order valence-electron chi connectivity index (χ2n) is 10.2. The molecule has 37 heavy (non-hydrogen) atoms. The summed E-state index contributed by atoms with van der Waals surface area (Å²) in [7, 11) is 2.09. The van der Waals surface area contributed by atoms with E-state index in [0.717, 1.165) is 61.7 Å². The van der Waals surface area contributed by atoms with Gasteiger partial charge in [0.2, 0.25) is 17.8 Å². The monoisotopic (exact) mass is 502 g/mol. The average molecular weight is 503 g/mol. The number of likely N-dealkylation sites (tertiary alicyclic amines) is 1. The van der Waals surface area contributed by atoms with Crippen LogP contribution in [0.2, 0.25) is 0 Å². The molecule has 2 heterocycles. The van der Waals surface area contributed by atoms with Crippen LogP contribution in [-0.2, 0) is 0 Å². The van der Waals surface area contributed by atoms with E-state index in [4.69, 9.17) is 15.0 Å². The smallest absolute Gasteiger partial charge is 0.233 e. The van der Waals surface area contributed by atoms with Crippen molar-refractivity contribution in [2.24, 2.45) is 5.92 Å². The van der Waals surface area contributed by atoms with Crippen LogP contribution < -0.4 is 20.9 Å². The predicted octanol–water partition coefficient (Wildman–Crippen LogP) is 4.96. The zero-order valence-corrected chi connectivity index (χ0v) is 22.7. The Hall–Kier alpha value is -3.35. The van der Waals surface area contributed by atoms with Gasteiger partial charge in [0.1, 0.15) is 0 Å². The molecule has 0 bridgehead atoms. The first-order valence-electron chi connectivity index (χ1n) is 13.6. The fourth-order valence-corrected chi connectivity index (χ4v) is 5.28. The Morgan fingerprint density at radius 3 is 2.70 bits per heavy atom. The molecule has 0 unspecified atom stereocenters. The molecule has 198 valence electrons. The third-order valence-electron chi connectivity index (χ3n) is 7.27. The van der Waals surface area contributed by atoms with Crippen LogP contribution in [0.5, 0.6) is 0 Å². The van der Waals surface area contributed by atoms with E-state index in [9.17, 15) is 0 Å². The van der Waals surface area contributed by atoms with E-state index in [1.54, 1.807) is 0 Å². The van der Waals surface area contributed by atoms with Crippen molar-refractivity contribution in [2.75, 3.05) is 55.3 Å². The lowest BCUT2D eigenvalue weighted by atomic mass is 10.1. The first kappa shape index (κ1) is 26.7. The Morgan fingerprint density at radius 2 is 1.97 bits per heavy atom. The van der Waals surface area contributed by atoms with Crippen molar-refractivity contribution in [1.29, 1.82) is 0 Å². The molecule has 1 aliphatic heterocycles. The number of benzene rings is 1. The lowest BCUT2D eigenvalue weighted by molar-refractivity contribution is 0.374. The van der Waals surface area contributed by atoms with Gasteiger partial charge < -0.3 is 20.9 Å². The van der Waals surface area contributed by atoms with E-state index < -0.39 is 0 Å². The van der Waals surface area contributed by atoms with Gasteiger partial charge in [0.25, 0.3) is 0 Å². The van der Waals surface area contributed by atoms with Crippen LogP contribution in [0.1, 0.15) is 50.2 Å². The van der Waals surface area contributed by atoms with Crippen molar-refractivity contribution in [3.8, 4) is 0 Å². The largest absolute Gasteiger partial charge is 0.379 e. The van der Waals surface area contributed by atoms with E-state index in [-0.39, 0.29) is 0 Å². The quantitative estimate of drug-likeness (QED) is 0.278. The van der Waals surface area contributed by atoms with Gasteiger partial charge in [-0.3, -0.25) is 4.90 Å². The van der Waals surface area contributed by atoms with Crippen molar-refractivity contribution in [3.63, 3.8) is 0 Å². The summed E-state index contributed by atoms with van der Waals surface area (Å²) < 4.78 is 0. The number of aryl methyl sites for hydroxylation is 1. The molecular formula is C29H42N8. The van der Waals surface area contributed by atoms with Gasteiger partial charge in [-0.15, -0.1) is 12.3 Å². The minimum absolute atomic E-state index is 0.300. The maximum Gasteiger partial charge on any atom is 0.233 e. The Morgan fingerprint density at radius 1 is 1.19 bits per heavy atom. The topological polar surface area (TPSA) is 81.2 Å². The second kappa shape index (κ2) is 12.7. The normalized spacial score (nSPS) is 17.9. The molecule has 4 rings (SSSR count). The van der Waals surface area contributed by atoms with E-state index in [0.29, 0.717) is 29.8 Å². The maximum absolute atomic E-state index is 4.84. The zero-order valence-electron chi connectivity index (χ0n) is 22.7. The van der Waals surface area contributed by atoms with Crippen LogP contribution in [0.3, 0.4) is 0 Å². The van der Waals surface area contributed by atoms with Crippen molar-refractivity contribution in [3.05, 3.63) is 54.3 Å². The minimum atomic E-state index is 0.300. The molecule has 1 saturated heterocycles. The number of anilines is 4. The van der Waals surface area contributed by atoms with Gasteiger partial charge in [0.05, 0.1) is 5.70 Å². The van der Waals surface area contributed by atoms with Gasteiger partial charge in [-0.05, 0) is 50.7 Å². The van der Waals surface area contributed by atoms with Gasteiger partial charge in [0, 0.05) is 57.1 Å². The third kappa shape index (κ3) is 7.12. The Balaban J connectivity index is 1.59. The molecule has 1 aliphatic carbocycles. The highest BCUT2D eigenvalue weighted by Crippen LogP contribution is 2.28. The van der Waals surface area contributed by atoms with Crippen molar-refractivity contribution < 1.29 is 0 Å². The van der Waals surface area contributed by atoms with Crippen molar-refractivity contribution in [1.82, 2.24) is 25.2 Å². The molecule has 2 aromatic rings. The molecular weight excluding hydrogens is 460 g/mol. The Kier molecular flexibility index (Phi) is 9.20. The summed E-state index contributed by atoms with van der Waals surface area (Å²) in [5, 5.41) is 10.4. The van der Waals surface area contributed by atoms with Crippen LogP contribution in [-0.4, -0.2) is 65.7 Å². The van der Waals surface area contributed by atoms with Crippen molar-refractivity contribution >= 4 is 29.2 Å². The molecule has 3 N–H and O–H groups in total. The molecule has 1 aromatic carbocycles. The lowest BCUT2D eigenvalue weighted by Gasteiger charge is -2.23. The van der Waals surface area contributed by atoms with Crippen LogP contribution >= 0.6 is 0 Å². The third-order valence-corrected chi connectivity index (χ3v) is 7.27. The van der Waals surface area contributed by atoms with Crippen LogP contribution in [0.25, 0.3) is 5.70 Å². The van der Waals surface area contributed by atoms with Gasteiger partial charge >= 0.3 is 0 Å². The SMILES string of the molecule is C=C=C(NCC)c1ccc(C)c(Nc2nc(N[C@@H]3CCN(CC=C)C3)nc(N(C)CC3CCCC3)n2)c1. The molecule has 0 amide bonds. The fourth-order valence-electron chi connectivity index (χ4n) is 5.28. The molecule has 1 saturated carbocycles. The first-order valence-corrected chi connectivity index (χ1v) is 13.6. The average Bonchev–Trinajstić information content (AvgIpc) is 3.56. The lowest BCUT2D eigenvalue weighted by Crippen LogP contribution is -2.29. The maximum atomic E-state index is 4.84. The minimum Gasteiger partial charge on any atom is -0.379 e. The molecule has 0 radical (unpaired) electrons. The van der Waals surface area contributed by atoms with Crippen molar-refractivity contribution in [2.45, 2.75) is 52.0 Å². The summed E-state index contributed by atoms with van der Waals surface area (Å²) in [6.07, 6.45) is 8.22. The van der Waals surface area contributed by atoms with E-state index in [1.165, 1.54) is 25.7 Å². The summed E-state index contributed by atoms with van der Waals surface area (Å²) in [5.74, 6) is 2.55. The van der Waals surface area contributed by atoms with Crippen LogP contribution in [0.15, 0.2) is 43.2 Å². The van der Waals surface area contributed by atoms with Gasteiger partial charge in [0.15, 0.2) is 0 Å². The summed E-state index contributed by atoms with van der Waals surface area (Å²) in [4.78, 5) is 19.0.